The molecular weight excluding hydrogens is 371 g/mol. The number of rotatable bonds is 1. The normalized spacial score (nSPS) is 18.2. The Hall–Kier alpha value is -2.82. The summed E-state index contributed by atoms with van der Waals surface area (Å²) in [6.45, 7) is 8.30. The van der Waals surface area contributed by atoms with Gasteiger partial charge in [0.25, 0.3) is 0 Å². The minimum absolute atomic E-state index is 0.394. The van der Waals surface area contributed by atoms with E-state index in [1.165, 1.54) is 16.2 Å². The van der Waals surface area contributed by atoms with E-state index >= 15 is 0 Å². The molecule has 4 aromatic carbocycles. The minimum atomic E-state index is -0.456. The van der Waals surface area contributed by atoms with Gasteiger partial charge >= 0.3 is 7.12 Å². The van der Waals surface area contributed by atoms with Crippen LogP contribution in [-0.2, 0) is 9.31 Å². The van der Waals surface area contributed by atoms with Crippen molar-refractivity contribution in [2.24, 2.45) is 0 Å². The van der Waals surface area contributed by atoms with Crippen molar-refractivity contribution >= 4 is 56.1 Å². The van der Waals surface area contributed by atoms with E-state index < -0.39 is 18.3 Å². The van der Waals surface area contributed by atoms with Crippen molar-refractivity contribution in [3.63, 3.8) is 0 Å². The van der Waals surface area contributed by atoms with Crippen LogP contribution in [0.5, 0.6) is 0 Å². The lowest BCUT2D eigenvalue weighted by atomic mass is 9.78. The Labute approximate surface area is 175 Å². The predicted molar refractivity (Wildman–Crippen MR) is 124 cm³/mol. The van der Waals surface area contributed by atoms with Gasteiger partial charge in [0.05, 0.1) is 11.2 Å². The molecule has 0 saturated carbocycles. The highest BCUT2D eigenvalue weighted by Crippen LogP contribution is 2.40. The van der Waals surface area contributed by atoms with Gasteiger partial charge in [-0.05, 0) is 49.9 Å². The lowest BCUT2D eigenvalue weighted by molar-refractivity contribution is 0.00578. The Morgan fingerprint density at radius 1 is 0.600 bits per heavy atom. The topological polar surface area (TPSA) is 31.6 Å². The average molecular weight is 394 g/mol. The van der Waals surface area contributed by atoms with Gasteiger partial charge in [0.15, 0.2) is 0 Å². The van der Waals surface area contributed by atoms with E-state index in [0.29, 0.717) is 0 Å². The Morgan fingerprint density at radius 3 is 2.03 bits per heavy atom. The molecule has 0 atom stereocenters. The second-order valence-electron chi connectivity index (χ2n) is 9.24. The Kier molecular flexibility index (Phi) is 3.52. The zero-order chi connectivity index (χ0) is 20.7. The lowest BCUT2D eigenvalue weighted by Crippen LogP contribution is -2.41. The summed E-state index contributed by atoms with van der Waals surface area (Å²) in [5.74, 6) is 0. The average Bonchev–Trinajstić information content (AvgIpc) is 3.21. The SMILES string of the molecule is CC1(C)OB(c2cccc3c2oc2c3ccc3ccc4ccccc4c32)OC1(C)C. The number of fused-ring (bicyclic) bond motifs is 7. The third-order valence-corrected chi connectivity index (χ3v) is 6.91. The molecule has 1 aliphatic heterocycles. The van der Waals surface area contributed by atoms with Gasteiger partial charge < -0.3 is 13.7 Å². The summed E-state index contributed by atoms with van der Waals surface area (Å²) in [5, 5.41) is 6.96. The quantitative estimate of drug-likeness (QED) is 0.251. The van der Waals surface area contributed by atoms with Gasteiger partial charge in [-0.1, -0.05) is 60.7 Å². The van der Waals surface area contributed by atoms with Crippen molar-refractivity contribution in [3.05, 3.63) is 66.7 Å². The zero-order valence-corrected chi connectivity index (χ0v) is 17.7. The number of furan rings is 1. The standard InChI is InChI=1S/C26H23BO3/c1-25(2)26(3,4)30-27(29-25)21-11-7-10-19-20-15-14-17-13-12-16-8-5-6-9-18(16)22(17)24(20)28-23(19)21/h5-15H,1-4H3. The van der Waals surface area contributed by atoms with E-state index in [1.807, 2.05) is 6.07 Å². The van der Waals surface area contributed by atoms with Crippen LogP contribution in [0, 0.1) is 0 Å². The van der Waals surface area contributed by atoms with Crippen LogP contribution in [-0.4, -0.2) is 18.3 Å². The van der Waals surface area contributed by atoms with Gasteiger partial charge in [0, 0.05) is 21.6 Å². The van der Waals surface area contributed by atoms with Crippen LogP contribution in [0.4, 0.5) is 0 Å². The molecule has 0 aliphatic carbocycles. The third-order valence-electron chi connectivity index (χ3n) is 6.91. The molecule has 0 radical (unpaired) electrons. The smallest absolute Gasteiger partial charge is 0.456 e. The van der Waals surface area contributed by atoms with E-state index in [2.05, 4.69) is 88.4 Å². The molecule has 3 nitrogen and oxygen atoms in total. The summed E-state index contributed by atoms with van der Waals surface area (Å²) in [5.41, 5.74) is 1.91. The van der Waals surface area contributed by atoms with Crippen LogP contribution in [0.15, 0.2) is 71.1 Å². The summed E-state index contributed by atoms with van der Waals surface area (Å²) in [6, 6.07) is 23.4. The maximum absolute atomic E-state index is 6.59. The zero-order valence-electron chi connectivity index (χ0n) is 17.7. The molecule has 1 fully saturated rings. The molecule has 2 heterocycles. The second kappa shape index (κ2) is 5.87. The monoisotopic (exact) mass is 394 g/mol. The van der Waals surface area contributed by atoms with Crippen LogP contribution in [0.2, 0.25) is 0 Å². The highest BCUT2D eigenvalue weighted by atomic mass is 16.7. The second-order valence-corrected chi connectivity index (χ2v) is 9.24. The number of hydrogen-bond acceptors (Lipinski definition) is 3. The molecule has 1 saturated heterocycles. The van der Waals surface area contributed by atoms with Gasteiger partial charge in [-0.25, -0.2) is 0 Å². The van der Waals surface area contributed by atoms with Gasteiger partial charge in [0.2, 0.25) is 0 Å². The molecule has 4 heteroatoms. The molecule has 0 spiro atoms. The highest BCUT2D eigenvalue weighted by molar-refractivity contribution is 6.65. The lowest BCUT2D eigenvalue weighted by Gasteiger charge is -2.32. The first kappa shape index (κ1) is 18.0. The largest absolute Gasteiger partial charge is 0.498 e. The van der Waals surface area contributed by atoms with E-state index in [-0.39, 0.29) is 0 Å². The van der Waals surface area contributed by atoms with E-state index in [4.69, 9.17) is 13.7 Å². The summed E-state index contributed by atoms with van der Waals surface area (Å²) in [7, 11) is -0.456. The minimum Gasteiger partial charge on any atom is -0.456 e. The molecule has 30 heavy (non-hydrogen) atoms. The van der Waals surface area contributed by atoms with Crippen molar-refractivity contribution < 1.29 is 13.7 Å². The van der Waals surface area contributed by atoms with Crippen molar-refractivity contribution in [1.29, 1.82) is 0 Å². The predicted octanol–water partition coefficient (Wildman–Crippen LogP) is 6.19. The molecule has 1 aliphatic rings. The van der Waals surface area contributed by atoms with Crippen molar-refractivity contribution in [2.45, 2.75) is 38.9 Å². The van der Waals surface area contributed by atoms with Gasteiger partial charge in [-0.15, -0.1) is 0 Å². The fourth-order valence-corrected chi connectivity index (χ4v) is 4.52. The van der Waals surface area contributed by atoms with Crippen LogP contribution in [0.1, 0.15) is 27.7 Å². The maximum Gasteiger partial charge on any atom is 0.498 e. The van der Waals surface area contributed by atoms with Crippen molar-refractivity contribution in [2.75, 3.05) is 0 Å². The Balaban J connectivity index is 1.67. The molecular formula is C26H23BO3. The molecule has 148 valence electrons. The van der Waals surface area contributed by atoms with E-state index in [0.717, 1.165) is 32.8 Å². The molecule has 0 unspecified atom stereocenters. The number of hydrogen-bond donors (Lipinski definition) is 0. The van der Waals surface area contributed by atoms with Crippen LogP contribution in [0.25, 0.3) is 43.5 Å². The molecule has 0 N–H and O–H groups in total. The molecule has 0 bridgehead atoms. The van der Waals surface area contributed by atoms with Gasteiger partial charge in [-0.3, -0.25) is 0 Å². The van der Waals surface area contributed by atoms with E-state index in [9.17, 15) is 0 Å². The fraction of sp³-hybridized carbons (Fsp3) is 0.231. The Bertz CT molecular complexity index is 1450. The Morgan fingerprint density at radius 2 is 1.23 bits per heavy atom. The van der Waals surface area contributed by atoms with Crippen LogP contribution >= 0.6 is 0 Å². The summed E-state index contributed by atoms with van der Waals surface area (Å²) in [6.07, 6.45) is 0. The van der Waals surface area contributed by atoms with Gasteiger partial charge in [0.1, 0.15) is 11.2 Å². The first-order valence-electron chi connectivity index (χ1n) is 10.5. The summed E-state index contributed by atoms with van der Waals surface area (Å²) < 4.78 is 19.3. The van der Waals surface area contributed by atoms with Gasteiger partial charge in [-0.2, -0.15) is 0 Å². The number of benzene rings is 4. The third kappa shape index (κ3) is 2.35. The van der Waals surface area contributed by atoms with Crippen LogP contribution < -0.4 is 5.46 Å². The summed E-state index contributed by atoms with van der Waals surface area (Å²) >= 11 is 0. The molecule has 6 rings (SSSR count). The number of para-hydroxylation sites is 1. The highest BCUT2D eigenvalue weighted by Gasteiger charge is 2.52. The molecule has 5 aromatic rings. The summed E-state index contributed by atoms with van der Waals surface area (Å²) in [4.78, 5) is 0. The fourth-order valence-electron chi connectivity index (χ4n) is 4.52. The van der Waals surface area contributed by atoms with E-state index in [1.54, 1.807) is 0 Å². The first-order valence-corrected chi connectivity index (χ1v) is 10.5. The molecule has 0 amide bonds. The maximum atomic E-state index is 6.59. The van der Waals surface area contributed by atoms with Crippen molar-refractivity contribution in [1.82, 2.24) is 0 Å². The van der Waals surface area contributed by atoms with Crippen LogP contribution in [0.3, 0.4) is 0 Å². The van der Waals surface area contributed by atoms with Crippen molar-refractivity contribution in [3.8, 4) is 0 Å². The molecule has 1 aromatic heterocycles. The first-order chi connectivity index (χ1) is 14.4.